The predicted molar refractivity (Wildman–Crippen MR) is 62.2 cm³/mol. The van der Waals surface area contributed by atoms with E-state index in [9.17, 15) is 14.7 Å². The number of carbonyl (C=O) groups excluding carboxylic acids is 2. The fourth-order valence-corrected chi connectivity index (χ4v) is 2.75. The Morgan fingerprint density at radius 2 is 2.06 bits per heavy atom. The van der Waals surface area contributed by atoms with E-state index in [1.165, 1.54) is 0 Å². The van der Waals surface area contributed by atoms with Crippen molar-refractivity contribution in [2.75, 3.05) is 7.05 Å². The van der Waals surface area contributed by atoms with Crippen LogP contribution in [0.4, 0.5) is 0 Å². The van der Waals surface area contributed by atoms with Crippen molar-refractivity contribution in [1.29, 1.82) is 0 Å². The molecule has 0 aromatic heterocycles. The van der Waals surface area contributed by atoms with E-state index in [-0.39, 0.29) is 23.9 Å². The van der Waals surface area contributed by atoms with Crippen LogP contribution in [0.5, 0.6) is 0 Å². The van der Waals surface area contributed by atoms with Gasteiger partial charge in [-0.25, -0.2) is 0 Å². The van der Waals surface area contributed by atoms with E-state index in [0.717, 1.165) is 25.7 Å². The molecule has 0 aromatic rings. The highest BCUT2D eigenvalue weighted by Gasteiger charge is 2.35. The molecule has 1 heterocycles. The molecule has 96 valence electrons. The van der Waals surface area contributed by atoms with Crippen molar-refractivity contribution in [2.24, 2.45) is 0 Å². The number of aliphatic hydroxyl groups is 1. The molecule has 1 aliphatic heterocycles. The van der Waals surface area contributed by atoms with Gasteiger partial charge in [-0.3, -0.25) is 9.59 Å². The second-order valence-electron chi connectivity index (χ2n) is 5.03. The van der Waals surface area contributed by atoms with Crippen LogP contribution in [-0.2, 0) is 9.59 Å². The molecule has 5 nitrogen and oxygen atoms in total. The molecule has 1 aliphatic carbocycles. The first-order valence-corrected chi connectivity index (χ1v) is 6.33. The van der Waals surface area contributed by atoms with E-state index in [1.54, 1.807) is 11.9 Å². The Hall–Kier alpha value is -1.10. The minimum absolute atomic E-state index is 0.0547. The van der Waals surface area contributed by atoms with E-state index < -0.39 is 6.10 Å². The average Bonchev–Trinajstić information content (AvgIpc) is 2.75. The second kappa shape index (κ2) is 5.04. The smallest absolute Gasteiger partial charge is 0.245 e. The van der Waals surface area contributed by atoms with Gasteiger partial charge in [-0.05, 0) is 19.3 Å². The molecule has 5 heteroatoms. The van der Waals surface area contributed by atoms with Crippen LogP contribution in [0, 0.1) is 0 Å². The molecular formula is C12H20N2O3. The van der Waals surface area contributed by atoms with Gasteiger partial charge in [0.2, 0.25) is 11.8 Å². The third-order valence-electron chi connectivity index (χ3n) is 3.83. The van der Waals surface area contributed by atoms with Crippen LogP contribution in [0.3, 0.4) is 0 Å². The molecule has 2 amide bonds. The maximum atomic E-state index is 12.1. The fourth-order valence-electron chi connectivity index (χ4n) is 2.75. The number of nitrogens with one attached hydrogen (secondary N) is 1. The Kier molecular flexibility index (Phi) is 3.66. The van der Waals surface area contributed by atoms with Crippen LogP contribution < -0.4 is 5.32 Å². The fraction of sp³-hybridized carbons (Fsp3) is 0.833. The largest absolute Gasteiger partial charge is 0.391 e. The lowest BCUT2D eigenvalue weighted by Gasteiger charge is -2.36. The molecule has 1 saturated carbocycles. The van der Waals surface area contributed by atoms with Crippen molar-refractivity contribution in [3.63, 3.8) is 0 Å². The van der Waals surface area contributed by atoms with Crippen molar-refractivity contribution in [2.45, 2.75) is 56.7 Å². The van der Waals surface area contributed by atoms with Crippen LogP contribution >= 0.6 is 0 Å². The van der Waals surface area contributed by atoms with E-state index in [2.05, 4.69) is 5.32 Å². The first kappa shape index (κ1) is 12.4. The molecule has 17 heavy (non-hydrogen) atoms. The Balaban J connectivity index is 1.96. The lowest BCUT2D eigenvalue weighted by molar-refractivity contribution is -0.138. The predicted octanol–water partition coefficient (Wildman–Crippen LogP) is 0.0269. The minimum atomic E-state index is -0.421. The van der Waals surface area contributed by atoms with Gasteiger partial charge in [0.1, 0.15) is 6.04 Å². The number of nitrogens with zero attached hydrogens (tertiary/aromatic N) is 1. The second-order valence-corrected chi connectivity index (χ2v) is 5.03. The summed E-state index contributed by atoms with van der Waals surface area (Å²) < 4.78 is 0. The van der Waals surface area contributed by atoms with Crippen LogP contribution in [0.15, 0.2) is 0 Å². The zero-order chi connectivity index (χ0) is 12.4. The first-order valence-electron chi connectivity index (χ1n) is 6.33. The third-order valence-corrected chi connectivity index (χ3v) is 3.83. The minimum Gasteiger partial charge on any atom is -0.391 e. The Bertz CT molecular complexity index is 319. The number of amides is 2. The van der Waals surface area contributed by atoms with Gasteiger partial charge in [-0.2, -0.15) is 0 Å². The molecule has 2 fully saturated rings. The average molecular weight is 240 g/mol. The SMILES string of the molecule is CN(C(=O)C1CCC(=O)N1)C1CCCCC1O. The summed E-state index contributed by atoms with van der Waals surface area (Å²) in [4.78, 5) is 24.9. The summed E-state index contributed by atoms with van der Waals surface area (Å²) in [6.45, 7) is 0. The Morgan fingerprint density at radius 1 is 1.35 bits per heavy atom. The molecule has 2 rings (SSSR count). The topological polar surface area (TPSA) is 69.6 Å². The molecule has 1 saturated heterocycles. The number of hydrogen-bond acceptors (Lipinski definition) is 3. The van der Waals surface area contributed by atoms with Crippen molar-refractivity contribution >= 4 is 11.8 Å². The summed E-state index contributed by atoms with van der Waals surface area (Å²) in [5.74, 6) is -0.122. The van der Waals surface area contributed by atoms with Crippen molar-refractivity contribution < 1.29 is 14.7 Å². The number of aliphatic hydroxyl groups excluding tert-OH is 1. The van der Waals surface area contributed by atoms with Crippen LogP contribution in [0.1, 0.15) is 38.5 Å². The van der Waals surface area contributed by atoms with Gasteiger partial charge < -0.3 is 15.3 Å². The highest BCUT2D eigenvalue weighted by atomic mass is 16.3. The standard InChI is InChI=1S/C12H20N2O3/c1-14(9-4-2-3-5-10(9)15)12(17)8-6-7-11(16)13-8/h8-10,15H,2-7H2,1H3,(H,13,16). The Morgan fingerprint density at radius 3 is 2.65 bits per heavy atom. The van der Waals surface area contributed by atoms with Gasteiger partial charge in [0.05, 0.1) is 12.1 Å². The van der Waals surface area contributed by atoms with Gasteiger partial charge in [-0.15, -0.1) is 0 Å². The summed E-state index contributed by atoms with van der Waals surface area (Å²) in [7, 11) is 1.73. The maximum absolute atomic E-state index is 12.1. The monoisotopic (exact) mass is 240 g/mol. The van der Waals surface area contributed by atoms with E-state index in [0.29, 0.717) is 12.8 Å². The zero-order valence-corrected chi connectivity index (χ0v) is 10.2. The lowest BCUT2D eigenvalue weighted by Crippen LogP contribution is -2.51. The number of hydrogen-bond donors (Lipinski definition) is 2. The van der Waals surface area contributed by atoms with E-state index >= 15 is 0 Å². The van der Waals surface area contributed by atoms with E-state index in [1.807, 2.05) is 0 Å². The van der Waals surface area contributed by atoms with Crippen LogP contribution in [0.25, 0.3) is 0 Å². The molecule has 0 spiro atoms. The van der Waals surface area contributed by atoms with Gasteiger partial charge in [0.15, 0.2) is 0 Å². The Labute approximate surface area is 101 Å². The van der Waals surface area contributed by atoms with Gasteiger partial charge in [-0.1, -0.05) is 12.8 Å². The molecule has 0 aromatic carbocycles. The number of rotatable bonds is 2. The molecule has 3 atom stereocenters. The molecule has 2 N–H and O–H groups in total. The summed E-state index contributed by atoms with van der Waals surface area (Å²) in [6, 6.07) is -0.477. The van der Waals surface area contributed by atoms with Gasteiger partial charge >= 0.3 is 0 Å². The van der Waals surface area contributed by atoms with Crippen LogP contribution in [-0.4, -0.2) is 47.1 Å². The lowest BCUT2D eigenvalue weighted by atomic mass is 9.91. The van der Waals surface area contributed by atoms with Crippen molar-refractivity contribution in [3.8, 4) is 0 Å². The summed E-state index contributed by atoms with van der Waals surface area (Å²) in [6.07, 6.45) is 4.27. The maximum Gasteiger partial charge on any atom is 0.245 e. The highest BCUT2D eigenvalue weighted by molar-refractivity contribution is 5.90. The van der Waals surface area contributed by atoms with Crippen LogP contribution in [0.2, 0.25) is 0 Å². The molecule has 3 unspecified atom stereocenters. The molecule has 0 radical (unpaired) electrons. The van der Waals surface area contributed by atoms with E-state index in [4.69, 9.17) is 0 Å². The summed E-state index contributed by atoms with van der Waals surface area (Å²) in [5, 5.41) is 12.6. The normalized spacial score (nSPS) is 33.3. The first-order chi connectivity index (χ1) is 8.09. The number of carbonyl (C=O) groups is 2. The number of likely N-dealkylation sites (N-methyl/N-ethyl adjacent to an activating group) is 1. The van der Waals surface area contributed by atoms with Gasteiger partial charge in [0, 0.05) is 13.5 Å². The van der Waals surface area contributed by atoms with Gasteiger partial charge in [0.25, 0.3) is 0 Å². The quantitative estimate of drug-likeness (QED) is 0.715. The highest BCUT2D eigenvalue weighted by Crippen LogP contribution is 2.23. The zero-order valence-electron chi connectivity index (χ0n) is 10.2. The molecular weight excluding hydrogens is 220 g/mol. The van der Waals surface area contributed by atoms with Crippen molar-refractivity contribution in [3.05, 3.63) is 0 Å². The summed E-state index contributed by atoms with van der Waals surface area (Å²) >= 11 is 0. The molecule has 2 aliphatic rings. The summed E-state index contributed by atoms with van der Waals surface area (Å²) in [5.41, 5.74) is 0. The third kappa shape index (κ3) is 2.60. The molecule has 0 bridgehead atoms. The van der Waals surface area contributed by atoms with Crippen molar-refractivity contribution in [1.82, 2.24) is 10.2 Å².